The second kappa shape index (κ2) is 5.56. The second-order valence-electron chi connectivity index (χ2n) is 5.48. The Balaban J connectivity index is 2.58. The van der Waals surface area contributed by atoms with Crippen LogP contribution in [-0.4, -0.2) is 42.9 Å². The summed E-state index contributed by atoms with van der Waals surface area (Å²) in [6, 6.07) is -0.565. The number of carbonyl (C=O) groups excluding carboxylic acids is 2. The number of amides is 2. The zero-order chi connectivity index (χ0) is 13.9. The lowest BCUT2D eigenvalue weighted by Crippen LogP contribution is -2.49. The summed E-state index contributed by atoms with van der Waals surface area (Å²) in [5, 5.41) is 3.74. The molecule has 1 aliphatic rings. The highest BCUT2D eigenvalue weighted by molar-refractivity contribution is 5.85. The van der Waals surface area contributed by atoms with Gasteiger partial charge in [-0.25, -0.2) is 9.86 Å². The van der Waals surface area contributed by atoms with Gasteiger partial charge in [0.25, 0.3) is 5.91 Å². The lowest BCUT2D eigenvalue weighted by Gasteiger charge is -2.25. The minimum Gasteiger partial charge on any atom is -0.444 e. The third kappa shape index (κ3) is 4.52. The van der Waals surface area contributed by atoms with Gasteiger partial charge in [0.2, 0.25) is 0 Å². The summed E-state index contributed by atoms with van der Waals surface area (Å²) in [6.07, 6.45) is 1.30. The Labute approximate surface area is 108 Å². The number of hydroxylamine groups is 2. The molecule has 1 N–H and O–H groups in total. The molecule has 0 heterocycles. The van der Waals surface area contributed by atoms with Gasteiger partial charge in [-0.3, -0.25) is 9.63 Å². The van der Waals surface area contributed by atoms with Crippen molar-refractivity contribution in [3.63, 3.8) is 0 Å². The minimum atomic E-state index is -0.575. The van der Waals surface area contributed by atoms with Crippen LogP contribution in [0.3, 0.4) is 0 Å². The number of hydrogen-bond donors (Lipinski definition) is 1. The first-order valence-corrected chi connectivity index (χ1v) is 6.06. The van der Waals surface area contributed by atoms with Gasteiger partial charge in [0.1, 0.15) is 11.6 Å². The predicted octanol–water partition coefficient (Wildman–Crippen LogP) is 1.31. The van der Waals surface area contributed by atoms with Crippen molar-refractivity contribution >= 4 is 12.0 Å². The van der Waals surface area contributed by atoms with Gasteiger partial charge in [-0.05, 0) is 39.5 Å². The molecule has 0 aromatic carbocycles. The largest absolute Gasteiger partial charge is 0.444 e. The van der Waals surface area contributed by atoms with Gasteiger partial charge < -0.3 is 10.1 Å². The maximum absolute atomic E-state index is 12.0. The zero-order valence-corrected chi connectivity index (χ0v) is 11.6. The van der Waals surface area contributed by atoms with Crippen LogP contribution in [0.1, 0.15) is 33.6 Å². The number of ether oxygens (including phenoxy) is 1. The van der Waals surface area contributed by atoms with Crippen molar-refractivity contribution in [2.24, 2.45) is 5.92 Å². The Bertz CT molecular complexity index is 321. The Morgan fingerprint density at radius 1 is 1.33 bits per heavy atom. The average Bonchev–Trinajstić information content (AvgIpc) is 3.05. The van der Waals surface area contributed by atoms with Gasteiger partial charge >= 0.3 is 6.09 Å². The molecule has 1 fully saturated rings. The van der Waals surface area contributed by atoms with E-state index in [4.69, 9.17) is 9.57 Å². The van der Waals surface area contributed by atoms with Crippen LogP contribution in [0, 0.1) is 5.92 Å². The molecule has 0 aromatic rings. The van der Waals surface area contributed by atoms with Crippen LogP contribution >= 0.6 is 0 Å². The van der Waals surface area contributed by atoms with Crippen molar-refractivity contribution in [3.05, 3.63) is 0 Å². The molecule has 1 rings (SSSR count). The number of carbonyl (C=O) groups is 2. The standard InChI is InChI=1S/C12H22N2O4/c1-12(2,3)18-11(16)13-9(8-6-7-8)10(15)14(4)17-5/h8-9H,6-7H2,1-5H3,(H,13,16). The molecule has 0 radical (unpaired) electrons. The highest BCUT2D eigenvalue weighted by Crippen LogP contribution is 2.33. The van der Waals surface area contributed by atoms with Gasteiger partial charge in [0.05, 0.1) is 7.11 Å². The van der Waals surface area contributed by atoms with Crippen LogP contribution in [-0.2, 0) is 14.4 Å². The first-order valence-electron chi connectivity index (χ1n) is 6.06. The lowest BCUT2D eigenvalue weighted by molar-refractivity contribution is -0.171. The van der Waals surface area contributed by atoms with E-state index in [2.05, 4.69) is 5.32 Å². The van der Waals surface area contributed by atoms with Crippen molar-refractivity contribution in [2.45, 2.75) is 45.3 Å². The molecule has 104 valence electrons. The van der Waals surface area contributed by atoms with Gasteiger partial charge in [-0.2, -0.15) is 0 Å². The molecule has 6 heteroatoms. The Morgan fingerprint density at radius 3 is 2.28 bits per heavy atom. The first-order chi connectivity index (χ1) is 8.24. The number of nitrogens with zero attached hydrogens (tertiary/aromatic N) is 1. The summed E-state index contributed by atoms with van der Waals surface area (Å²) in [6.45, 7) is 5.34. The maximum Gasteiger partial charge on any atom is 0.408 e. The topological polar surface area (TPSA) is 67.9 Å². The van der Waals surface area contributed by atoms with E-state index >= 15 is 0 Å². The Kier molecular flexibility index (Phi) is 4.56. The molecule has 0 spiro atoms. The minimum absolute atomic E-state index is 0.183. The Hall–Kier alpha value is -1.30. The molecule has 1 atom stereocenters. The van der Waals surface area contributed by atoms with Crippen LogP contribution in [0.5, 0.6) is 0 Å². The van der Waals surface area contributed by atoms with Crippen LogP contribution in [0.25, 0.3) is 0 Å². The zero-order valence-electron chi connectivity index (χ0n) is 11.6. The molecule has 1 aliphatic carbocycles. The lowest BCUT2D eigenvalue weighted by atomic mass is 10.1. The molecule has 1 saturated carbocycles. The van der Waals surface area contributed by atoms with E-state index in [0.29, 0.717) is 0 Å². The Morgan fingerprint density at radius 2 is 1.89 bits per heavy atom. The maximum atomic E-state index is 12.0. The fraction of sp³-hybridized carbons (Fsp3) is 0.833. The summed E-state index contributed by atoms with van der Waals surface area (Å²) in [5.74, 6) is -0.0755. The van der Waals surface area contributed by atoms with E-state index in [0.717, 1.165) is 17.9 Å². The fourth-order valence-electron chi connectivity index (χ4n) is 1.53. The molecular formula is C12H22N2O4. The summed E-state index contributed by atoms with van der Waals surface area (Å²) in [7, 11) is 2.93. The fourth-order valence-corrected chi connectivity index (χ4v) is 1.53. The molecule has 0 saturated heterocycles. The predicted molar refractivity (Wildman–Crippen MR) is 65.7 cm³/mol. The second-order valence-corrected chi connectivity index (χ2v) is 5.48. The van der Waals surface area contributed by atoms with E-state index in [1.807, 2.05) is 0 Å². The van der Waals surface area contributed by atoms with Crippen LogP contribution in [0.4, 0.5) is 4.79 Å². The van der Waals surface area contributed by atoms with E-state index in [1.165, 1.54) is 14.2 Å². The van der Waals surface area contributed by atoms with Crippen molar-refractivity contribution in [2.75, 3.05) is 14.2 Å². The van der Waals surface area contributed by atoms with E-state index in [1.54, 1.807) is 20.8 Å². The van der Waals surface area contributed by atoms with Crippen LogP contribution in [0.15, 0.2) is 0 Å². The van der Waals surface area contributed by atoms with Crippen LogP contribution < -0.4 is 5.32 Å². The number of hydrogen-bond acceptors (Lipinski definition) is 4. The molecule has 0 aromatic heterocycles. The normalized spacial score (nSPS) is 16.9. The molecule has 0 bridgehead atoms. The highest BCUT2D eigenvalue weighted by atomic mass is 16.7. The smallest absolute Gasteiger partial charge is 0.408 e. The summed E-state index contributed by atoms with van der Waals surface area (Å²) >= 11 is 0. The number of likely N-dealkylation sites (N-methyl/N-ethyl adjacent to an activating group) is 1. The van der Waals surface area contributed by atoms with Gasteiger partial charge in [-0.1, -0.05) is 0 Å². The van der Waals surface area contributed by atoms with Crippen molar-refractivity contribution in [1.82, 2.24) is 10.4 Å². The quantitative estimate of drug-likeness (QED) is 0.772. The van der Waals surface area contributed by atoms with E-state index < -0.39 is 17.7 Å². The molecular weight excluding hydrogens is 236 g/mol. The average molecular weight is 258 g/mol. The third-order valence-electron chi connectivity index (χ3n) is 2.62. The summed E-state index contributed by atoms with van der Waals surface area (Å²) in [5.41, 5.74) is -0.575. The number of nitrogens with one attached hydrogen (secondary N) is 1. The third-order valence-corrected chi connectivity index (χ3v) is 2.62. The summed E-state index contributed by atoms with van der Waals surface area (Å²) in [4.78, 5) is 28.5. The van der Waals surface area contributed by atoms with E-state index in [9.17, 15) is 9.59 Å². The SMILES string of the molecule is CON(C)C(=O)C(NC(=O)OC(C)(C)C)C1CC1. The number of alkyl carbamates (subject to hydrolysis) is 1. The first kappa shape index (κ1) is 14.8. The molecule has 6 nitrogen and oxygen atoms in total. The van der Waals surface area contributed by atoms with Gasteiger partial charge in [0, 0.05) is 7.05 Å². The monoisotopic (exact) mass is 258 g/mol. The van der Waals surface area contributed by atoms with Crippen molar-refractivity contribution < 1.29 is 19.2 Å². The highest BCUT2D eigenvalue weighted by Gasteiger charge is 2.39. The molecule has 2 amide bonds. The summed E-state index contributed by atoms with van der Waals surface area (Å²) < 4.78 is 5.15. The van der Waals surface area contributed by atoms with Crippen LogP contribution in [0.2, 0.25) is 0 Å². The molecule has 0 aliphatic heterocycles. The van der Waals surface area contributed by atoms with Gasteiger partial charge in [-0.15, -0.1) is 0 Å². The van der Waals surface area contributed by atoms with Crippen molar-refractivity contribution in [3.8, 4) is 0 Å². The van der Waals surface area contributed by atoms with E-state index in [-0.39, 0.29) is 11.8 Å². The molecule has 1 unspecified atom stereocenters. The van der Waals surface area contributed by atoms with Crippen molar-refractivity contribution in [1.29, 1.82) is 0 Å². The van der Waals surface area contributed by atoms with Gasteiger partial charge in [0.15, 0.2) is 0 Å². The number of rotatable bonds is 4. The molecule has 18 heavy (non-hydrogen) atoms.